The lowest BCUT2D eigenvalue weighted by Crippen LogP contribution is -2.37. The van der Waals surface area contributed by atoms with E-state index in [4.69, 9.17) is 10.4 Å². The molecule has 3 heterocycles. The van der Waals surface area contributed by atoms with Gasteiger partial charge in [0.05, 0.1) is 17.9 Å². The molecule has 0 atom stereocenters. The number of phenols is 2. The summed E-state index contributed by atoms with van der Waals surface area (Å²) in [4.78, 5) is 15.2. The third kappa shape index (κ3) is 4.06. The van der Waals surface area contributed by atoms with E-state index < -0.39 is 5.91 Å². The van der Waals surface area contributed by atoms with Crippen LogP contribution in [0.2, 0.25) is 0 Å². The van der Waals surface area contributed by atoms with Gasteiger partial charge in [-0.1, -0.05) is 30.0 Å². The first-order valence-corrected chi connectivity index (χ1v) is 10.6. The van der Waals surface area contributed by atoms with Gasteiger partial charge < -0.3 is 20.8 Å². The highest BCUT2D eigenvalue weighted by Crippen LogP contribution is 2.30. The number of hydrogen-bond donors (Lipinski definition) is 5. The molecule has 4 aromatic rings. The lowest BCUT2D eigenvalue weighted by molar-refractivity contribution is 0.0936. The van der Waals surface area contributed by atoms with Crippen molar-refractivity contribution in [3.05, 3.63) is 71.6 Å². The van der Waals surface area contributed by atoms with E-state index in [1.54, 1.807) is 0 Å². The van der Waals surface area contributed by atoms with E-state index in [2.05, 4.69) is 49.0 Å². The van der Waals surface area contributed by atoms with Crippen LogP contribution in [0.5, 0.6) is 11.5 Å². The molecule has 0 aliphatic carbocycles. The van der Waals surface area contributed by atoms with Gasteiger partial charge in [-0.15, -0.1) is 5.10 Å². The van der Waals surface area contributed by atoms with Crippen molar-refractivity contribution in [1.29, 1.82) is 0 Å². The van der Waals surface area contributed by atoms with Gasteiger partial charge in [0.15, 0.2) is 5.69 Å². The number of benzene rings is 2. The molecule has 178 valence electrons. The van der Waals surface area contributed by atoms with Gasteiger partial charge in [0, 0.05) is 23.9 Å². The molecule has 1 amide bonds. The normalized spacial score (nSPS) is 12.4. The number of nitrogen functional groups attached to an aromatic ring is 1. The first-order valence-electron chi connectivity index (χ1n) is 10.6. The molecule has 0 saturated heterocycles. The molecular weight excluding hydrogens is 454 g/mol. The summed E-state index contributed by atoms with van der Waals surface area (Å²) >= 11 is 0. The van der Waals surface area contributed by atoms with E-state index in [0.717, 1.165) is 24.7 Å². The van der Waals surface area contributed by atoms with E-state index >= 15 is 0 Å². The van der Waals surface area contributed by atoms with Crippen LogP contribution >= 0.6 is 0 Å². The summed E-state index contributed by atoms with van der Waals surface area (Å²) in [7, 11) is 0. The molecule has 0 unspecified atom stereocenters. The summed E-state index contributed by atoms with van der Waals surface area (Å²) in [6.45, 7) is 4.84. The Morgan fingerprint density at radius 2 is 2.00 bits per heavy atom. The van der Waals surface area contributed by atoms with Gasteiger partial charge in [0.2, 0.25) is 11.6 Å². The quantitative estimate of drug-likeness (QED) is 0.242. The Kier molecular flexibility index (Phi) is 5.41. The summed E-state index contributed by atoms with van der Waals surface area (Å²) in [6.07, 6.45) is 0.866. The second kappa shape index (κ2) is 8.70. The minimum Gasteiger partial charge on any atom is -0.508 e. The minimum atomic E-state index is -0.604. The minimum absolute atomic E-state index is 0.000705. The van der Waals surface area contributed by atoms with Gasteiger partial charge in [0.1, 0.15) is 11.5 Å². The number of aromatic hydroxyl groups is 2. The van der Waals surface area contributed by atoms with E-state index in [9.17, 15) is 15.0 Å². The van der Waals surface area contributed by atoms with E-state index in [-0.39, 0.29) is 34.5 Å². The summed E-state index contributed by atoms with van der Waals surface area (Å²) in [5.74, 6) is -0.794. The van der Waals surface area contributed by atoms with E-state index in [0.29, 0.717) is 17.8 Å². The Hall–Kier alpha value is -5.07. The van der Waals surface area contributed by atoms with Crippen molar-refractivity contribution in [2.75, 3.05) is 17.2 Å². The van der Waals surface area contributed by atoms with Crippen LogP contribution in [0.25, 0.3) is 11.5 Å². The van der Waals surface area contributed by atoms with Gasteiger partial charge in [-0.05, 0) is 40.5 Å². The number of amides is 1. The summed E-state index contributed by atoms with van der Waals surface area (Å²) in [5, 5.41) is 35.0. The summed E-state index contributed by atoms with van der Waals surface area (Å²) in [5.41, 5.74) is 14.2. The van der Waals surface area contributed by atoms with Crippen LogP contribution in [0.1, 0.15) is 27.3 Å². The number of anilines is 2. The number of rotatable bonds is 7. The second-order valence-electron chi connectivity index (χ2n) is 7.83. The Balaban J connectivity index is 1.41. The first-order chi connectivity index (χ1) is 16.9. The van der Waals surface area contributed by atoms with Crippen LogP contribution in [0.15, 0.2) is 53.7 Å². The van der Waals surface area contributed by atoms with Gasteiger partial charge >= 0.3 is 0 Å². The van der Waals surface area contributed by atoms with Crippen LogP contribution in [0, 0.1) is 0 Å². The molecule has 35 heavy (non-hydrogen) atoms. The molecule has 0 radical (unpaired) electrons. The van der Waals surface area contributed by atoms with Gasteiger partial charge in [0.25, 0.3) is 5.91 Å². The molecule has 13 nitrogen and oxygen atoms in total. The van der Waals surface area contributed by atoms with Crippen molar-refractivity contribution in [3.63, 3.8) is 0 Å². The standard InChI is InChI=1S/C22H21N9O4/c1-12(15-7-6-14(32)10-18(15)33)24-26-22(34)19-17(31(29-25-19)21-20(23)27-35-28-21)11-30-9-8-13-4-2-3-5-16(13)30/h2-7,10,24,32-33H,1,8-9,11H2,(H2,23,27)(H,26,34). The highest BCUT2D eigenvalue weighted by Gasteiger charge is 2.28. The molecule has 2 aromatic heterocycles. The zero-order chi connectivity index (χ0) is 24.5. The average molecular weight is 475 g/mol. The van der Waals surface area contributed by atoms with Crippen LogP contribution in [-0.2, 0) is 13.0 Å². The number of hydrogen-bond acceptors (Lipinski definition) is 11. The maximum Gasteiger partial charge on any atom is 0.292 e. The monoisotopic (exact) mass is 475 g/mol. The fraction of sp³-hybridized carbons (Fsp3) is 0.136. The molecule has 6 N–H and O–H groups in total. The SMILES string of the molecule is C=C(NNC(=O)c1nnn(-c2nonc2N)c1CN1CCc2ccccc21)c1ccc(O)cc1O. The van der Waals surface area contributed by atoms with Crippen molar-refractivity contribution >= 4 is 23.1 Å². The number of para-hydroxylation sites is 1. The molecule has 0 bridgehead atoms. The molecule has 0 saturated carbocycles. The molecule has 13 heteroatoms. The maximum absolute atomic E-state index is 13.1. The number of hydrazine groups is 1. The van der Waals surface area contributed by atoms with Crippen molar-refractivity contribution in [2.24, 2.45) is 0 Å². The number of phenolic OH excluding ortho intramolecular Hbond substituents is 2. The molecule has 0 fully saturated rings. The smallest absolute Gasteiger partial charge is 0.292 e. The van der Waals surface area contributed by atoms with Crippen LogP contribution in [0.3, 0.4) is 0 Å². The highest BCUT2D eigenvalue weighted by molar-refractivity contribution is 5.93. The third-order valence-electron chi connectivity index (χ3n) is 5.63. The molecule has 1 aliphatic rings. The van der Waals surface area contributed by atoms with Crippen molar-refractivity contribution in [1.82, 2.24) is 36.2 Å². The lowest BCUT2D eigenvalue weighted by Gasteiger charge is -2.20. The zero-order valence-corrected chi connectivity index (χ0v) is 18.3. The van der Waals surface area contributed by atoms with Gasteiger partial charge in [-0.25, -0.2) is 4.63 Å². The third-order valence-corrected chi connectivity index (χ3v) is 5.63. The fourth-order valence-corrected chi connectivity index (χ4v) is 3.91. The predicted molar refractivity (Wildman–Crippen MR) is 124 cm³/mol. The van der Waals surface area contributed by atoms with Crippen molar-refractivity contribution in [2.45, 2.75) is 13.0 Å². The number of nitrogens with one attached hydrogen (secondary N) is 2. The second-order valence-corrected chi connectivity index (χ2v) is 7.83. The Bertz CT molecular complexity index is 1430. The number of carbonyl (C=O) groups is 1. The molecular formula is C22H21N9O4. The van der Waals surface area contributed by atoms with E-state index in [1.807, 2.05) is 18.2 Å². The zero-order valence-electron chi connectivity index (χ0n) is 18.3. The Morgan fingerprint density at radius 3 is 2.77 bits per heavy atom. The molecule has 1 aliphatic heterocycles. The molecule has 5 rings (SSSR count). The van der Waals surface area contributed by atoms with Gasteiger partial charge in [-0.2, -0.15) is 4.68 Å². The largest absolute Gasteiger partial charge is 0.508 e. The Labute approximate surface area is 198 Å². The fourth-order valence-electron chi connectivity index (χ4n) is 3.91. The number of nitrogens with zero attached hydrogens (tertiary/aromatic N) is 6. The highest BCUT2D eigenvalue weighted by atomic mass is 16.6. The number of carbonyl (C=O) groups excluding carboxylic acids is 1. The first kappa shape index (κ1) is 21.8. The maximum atomic E-state index is 13.1. The number of aromatic nitrogens is 5. The lowest BCUT2D eigenvalue weighted by atomic mass is 10.1. The van der Waals surface area contributed by atoms with Gasteiger partial charge in [-0.3, -0.25) is 15.6 Å². The van der Waals surface area contributed by atoms with Crippen LogP contribution in [0.4, 0.5) is 11.5 Å². The Morgan fingerprint density at radius 1 is 1.17 bits per heavy atom. The van der Waals surface area contributed by atoms with Crippen molar-refractivity contribution in [3.8, 4) is 17.3 Å². The average Bonchev–Trinajstić information content (AvgIpc) is 3.56. The van der Waals surface area contributed by atoms with E-state index in [1.165, 1.54) is 22.4 Å². The number of fused-ring (bicyclic) bond motifs is 1. The van der Waals surface area contributed by atoms with Crippen molar-refractivity contribution < 1.29 is 19.6 Å². The van der Waals surface area contributed by atoms with Crippen LogP contribution < -0.4 is 21.5 Å². The number of nitrogens with two attached hydrogens (primary N) is 1. The summed E-state index contributed by atoms with van der Waals surface area (Å²) in [6, 6.07) is 12.0. The summed E-state index contributed by atoms with van der Waals surface area (Å²) < 4.78 is 6.03. The molecule has 2 aromatic carbocycles. The molecule has 0 spiro atoms. The van der Waals surface area contributed by atoms with Crippen LogP contribution in [-0.4, -0.2) is 48.0 Å². The topological polar surface area (TPSA) is 180 Å². The predicted octanol–water partition coefficient (Wildman–Crippen LogP) is 1.11.